The number of aromatic nitrogens is 1. The zero-order valence-electron chi connectivity index (χ0n) is 15.6. The van der Waals surface area contributed by atoms with E-state index in [4.69, 9.17) is 5.11 Å². The first-order chi connectivity index (χ1) is 12.3. The molecule has 2 aromatic carbocycles. The van der Waals surface area contributed by atoms with Crippen LogP contribution in [0.3, 0.4) is 0 Å². The van der Waals surface area contributed by atoms with E-state index in [0.29, 0.717) is 0 Å². The number of hydrogen-bond acceptors (Lipinski definition) is 3. The summed E-state index contributed by atoms with van der Waals surface area (Å²) in [6.45, 7) is 6.98. The van der Waals surface area contributed by atoms with Gasteiger partial charge in [-0.15, -0.1) is 34.9 Å². The Hall–Kier alpha value is -2.36. The zero-order valence-corrected chi connectivity index (χ0v) is 18.0. The van der Waals surface area contributed by atoms with E-state index in [1.807, 2.05) is 18.2 Å². The molecule has 0 fully saturated rings. The minimum atomic E-state index is -0.236. The van der Waals surface area contributed by atoms with E-state index in [-0.39, 0.29) is 37.5 Å². The molecule has 3 nitrogen and oxygen atoms in total. The Morgan fingerprint density at radius 3 is 2.37 bits per heavy atom. The first kappa shape index (κ1) is 22.7. The first-order valence-corrected chi connectivity index (χ1v) is 8.19. The molecular weight excluding hydrogens is 521 g/mol. The first-order valence-electron chi connectivity index (χ1n) is 8.19. The predicted molar refractivity (Wildman–Crippen MR) is 103 cm³/mol. The molecule has 1 heterocycles. The van der Waals surface area contributed by atoms with E-state index in [1.54, 1.807) is 6.07 Å². The van der Waals surface area contributed by atoms with Crippen molar-refractivity contribution in [1.29, 1.82) is 0 Å². The molecule has 1 aromatic heterocycles. The molecule has 3 aromatic rings. The van der Waals surface area contributed by atoms with Gasteiger partial charge in [0.05, 0.1) is 11.3 Å². The van der Waals surface area contributed by atoms with Gasteiger partial charge >= 0.3 is 0 Å². The molecule has 27 heavy (non-hydrogen) atoms. The number of halogens is 1. The summed E-state index contributed by atoms with van der Waals surface area (Å²) in [4.78, 5) is 14.6. The van der Waals surface area contributed by atoms with Crippen LogP contribution in [-0.2, 0) is 24.9 Å². The second-order valence-corrected chi connectivity index (χ2v) is 6.14. The number of allylic oxidation sites excluding steroid dienone is 2. The molecule has 1 N–H and O–H groups in total. The van der Waals surface area contributed by atoms with Crippen molar-refractivity contribution in [3.8, 4) is 11.3 Å². The number of benzene rings is 2. The maximum atomic E-state index is 13.1. The third-order valence-corrected chi connectivity index (χ3v) is 3.77. The Bertz CT molecular complexity index is 979. The largest absolute Gasteiger partial charge is 0.512 e. The molecule has 0 spiro atoms. The van der Waals surface area contributed by atoms with Crippen LogP contribution in [0.1, 0.15) is 25.0 Å². The van der Waals surface area contributed by atoms with Crippen LogP contribution in [0.2, 0.25) is 0 Å². The van der Waals surface area contributed by atoms with Crippen molar-refractivity contribution in [3.63, 3.8) is 0 Å². The number of fused-ring (bicyclic) bond motifs is 1. The summed E-state index contributed by atoms with van der Waals surface area (Å²) in [5.41, 5.74) is 5.06. The fourth-order valence-electron chi connectivity index (χ4n) is 2.36. The predicted octanol–water partition coefficient (Wildman–Crippen LogP) is 5.49. The number of pyridine rings is 1. The van der Waals surface area contributed by atoms with Gasteiger partial charge in [0.1, 0.15) is 5.82 Å². The van der Waals surface area contributed by atoms with Gasteiger partial charge in [-0.1, -0.05) is 26.0 Å². The Morgan fingerprint density at radius 2 is 1.81 bits per heavy atom. The van der Waals surface area contributed by atoms with Gasteiger partial charge in [-0.25, -0.2) is 4.39 Å². The van der Waals surface area contributed by atoms with Gasteiger partial charge in [-0.05, 0) is 37.7 Å². The van der Waals surface area contributed by atoms with Crippen LogP contribution < -0.4 is 0 Å². The summed E-state index contributed by atoms with van der Waals surface area (Å²) in [6, 6.07) is 15.7. The third-order valence-electron chi connectivity index (χ3n) is 3.77. The number of aliphatic hydroxyl groups is 1. The van der Waals surface area contributed by atoms with Crippen molar-refractivity contribution in [1.82, 2.24) is 4.98 Å². The normalized spacial score (nSPS) is 10.6. The zero-order chi connectivity index (χ0) is 19.3. The number of carbonyl (C=O) groups is 1. The number of nitrogens with zero attached hydrogens (tertiary/aromatic N) is 1. The van der Waals surface area contributed by atoms with Crippen LogP contribution in [0.5, 0.6) is 0 Å². The number of rotatable bonds is 2. The third kappa shape index (κ3) is 6.70. The van der Waals surface area contributed by atoms with Gasteiger partial charge in [0.15, 0.2) is 5.78 Å². The number of aliphatic hydroxyl groups excluding tert-OH is 1. The molecule has 0 aliphatic rings. The van der Waals surface area contributed by atoms with Gasteiger partial charge in [0.2, 0.25) is 0 Å². The van der Waals surface area contributed by atoms with Crippen molar-refractivity contribution < 1.29 is 34.4 Å². The number of carbonyl (C=O) groups excluding carboxylic acids is 1. The van der Waals surface area contributed by atoms with Gasteiger partial charge in [-0.2, -0.15) is 0 Å². The summed E-state index contributed by atoms with van der Waals surface area (Å²) in [6.07, 6.45) is 1.17. The average molecular weight is 543 g/mol. The summed E-state index contributed by atoms with van der Waals surface area (Å²) in [5, 5.41) is 9.18. The molecule has 0 saturated carbocycles. The molecule has 0 aliphatic carbocycles. The van der Waals surface area contributed by atoms with Crippen LogP contribution in [0.4, 0.5) is 4.39 Å². The number of ketones is 1. The monoisotopic (exact) mass is 543 g/mol. The second-order valence-electron chi connectivity index (χ2n) is 6.14. The van der Waals surface area contributed by atoms with Gasteiger partial charge in [-0.3, -0.25) is 9.78 Å². The molecule has 0 aliphatic heterocycles. The summed E-state index contributed by atoms with van der Waals surface area (Å²) >= 11 is 0. The molecular formula is C22H21FIrNO2-. The summed E-state index contributed by atoms with van der Waals surface area (Å²) < 4.78 is 13.1. The van der Waals surface area contributed by atoms with E-state index in [2.05, 4.69) is 31.0 Å². The quantitative estimate of drug-likeness (QED) is 0.265. The van der Waals surface area contributed by atoms with E-state index in [0.717, 1.165) is 22.2 Å². The summed E-state index contributed by atoms with van der Waals surface area (Å²) in [7, 11) is 0. The van der Waals surface area contributed by atoms with Crippen molar-refractivity contribution in [3.05, 3.63) is 77.3 Å². The van der Waals surface area contributed by atoms with Crippen LogP contribution in [-0.4, -0.2) is 15.9 Å². The Balaban J connectivity index is 0.000000395. The summed E-state index contributed by atoms with van der Waals surface area (Å²) in [5.74, 6) is -0.299. The molecule has 0 amide bonds. The van der Waals surface area contributed by atoms with Crippen LogP contribution in [0.15, 0.2) is 54.3 Å². The SMILES string of the molecule is CC(=O)/C=C(/C)O.Cc1c[c-]c(-c2ccc3cc(F)ccc3n2)cc1C.[Ir]. The minimum absolute atomic E-state index is 0. The molecule has 1 radical (unpaired) electrons. The molecule has 143 valence electrons. The van der Waals surface area contributed by atoms with Crippen molar-refractivity contribution in [2.24, 2.45) is 0 Å². The molecule has 3 rings (SSSR count). The molecule has 0 saturated heterocycles. The van der Waals surface area contributed by atoms with Crippen LogP contribution in [0, 0.1) is 25.7 Å². The minimum Gasteiger partial charge on any atom is -0.512 e. The van der Waals surface area contributed by atoms with E-state index in [9.17, 15) is 9.18 Å². The van der Waals surface area contributed by atoms with E-state index >= 15 is 0 Å². The number of hydrogen-bond donors (Lipinski definition) is 1. The Kier molecular flexibility index (Phi) is 8.48. The van der Waals surface area contributed by atoms with Gasteiger partial charge in [0, 0.05) is 31.6 Å². The fraction of sp³-hybridized carbons (Fsp3) is 0.182. The maximum Gasteiger partial charge on any atom is 0.155 e. The van der Waals surface area contributed by atoms with Crippen molar-refractivity contribution >= 4 is 16.7 Å². The molecule has 0 unspecified atom stereocenters. The number of aryl methyl sites for hydroxylation is 2. The average Bonchev–Trinajstić information content (AvgIpc) is 2.56. The van der Waals surface area contributed by atoms with Gasteiger partial charge in [0.25, 0.3) is 0 Å². The van der Waals surface area contributed by atoms with Crippen molar-refractivity contribution in [2.75, 3.05) is 0 Å². The topological polar surface area (TPSA) is 50.2 Å². The fourth-order valence-corrected chi connectivity index (χ4v) is 2.36. The Labute approximate surface area is 172 Å². The van der Waals surface area contributed by atoms with E-state index < -0.39 is 0 Å². The molecule has 0 atom stereocenters. The van der Waals surface area contributed by atoms with Gasteiger partial charge < -0.3 is 5.11 Å². The van der Waals surface area contributed by atoms with Crippen molar-refractivity contribution in [2.45, 2.75) is 27.7 Å². The second kappa shape index (κ2) is 10.1. The maximum absolute atomic E-state index is 13.1. The standard InChI is InChI=1S/C17H13FN.C5H8O2.Ir/c1-11-3-4-13(9-12(11)2)16-7-5-14-10-15(18)6-8-17(14)19-16;1-4(6)3-5(2)7;/h3,5-10H,1-2H3;3,6H,1-2H3;/q-1;;/b;4-3-;. The smallest absolute Gasteiger partial charge is 0.155 e. The van der Waals surface area contributed by atoms with E-state index in [1.165, 1.54) is 43.2 Å². The van der Waals surface area contributed by atoms with Crippen LogP contribution in [0.25, 0.3) is 22.2 Å². The van der Waals surface area contributed by atoms with Crippen LogP contribution >= 0.6 is 0 Å². The molecule has 5 heteroatoms. The Morgan fingerprint density at radius 1 is 1.11 bits per heavy atom. The molecule has 0 bridgehead atoms.